The van der Waals surface area contributed by atoms with Crippen LogP contribution in [0.15, 0.2) is 24.3 Å². The first-order chi connectivity index (χ1) is 10.3. The smallest absolute Gasteiger partial charge is 0.231 e. The first-order valence-electron chi connectivity index (χ1n) is 6.70. The molecule has 0 atom stereocenters. The Morgan fingerprint density at radius 1 is 1.24 bits per heavy atom. The number of nitrogens with two attached hydrogens (primary N) is 1. The zero-order valence-electron chi connectivity index (χ0n) is 11.6. The number of ether oxygens (including phenoxy) is 3. The summed E-state index contributed by atoms with van der Waals surface area (Å²) in [7, 11) is 0. The van der Waals surface area contributed by atoms with Gasteiger partial charge >= 0.3 is 0 Å². The van der Waals surface area contributed by atoms with Crippen LogP contribution in [0.4, 0.5) is 5.82 Å². The summed E-state index contributed by atoms with van der Waals surface area (Å²) in [4.78, 5) is 8.63. The first-order valence-corrected chi connectivity index (χ1v) is 6.70. The summed E-state index contributed by atoms with van der Waals surface area (Å²) < 4.78 is 16.3. The van der Waals surface area contributed by atoms with Gasteiger partial charge in [0.15, 0.2) is 11.5 Å². The van der Waals surface area contributed by atoms with Gasteiger partial charge < -0.3 is 19.6 Å². The van der Waals surface area contributed by atoms with Crippen LogP contribution in [0.5, 0.6) is 23.1 Å². The molecule has 0 aliphatic carbocycles. The van der Waals surface area contributed by atoms with Crippen molar-refractivity contribution < 1.29 is 14.2 Å². The normalized spacial score (nSPS) is 12.3. The number of hydrogen-bond donors (Lipinski definition) is 2. The van der Waals surface area contributed by atoms with Gasteiger partial charge in [-0.2, -0.15) is 4.98 Å². The standard InChI is InChI=1S/C14H16N4O3/c1-2-3-12-16-13(18-15)7-14(17-12)21-9-4-5-10-11(6-9)20-8-19-10/h4-7H,2-3,8,15H2,1H3,(H,16,17,18). The zero-order chi connectivity index (χ0) is 14.7. The second-order valence-electron chi connectivity index (χ2n) is 4.52. The Bertz CT molecular complexity index is 648. The number of aromatic nitrogens is 2. The Balaban J connectivity index is 1.85. The molecule has 1 aliphatic heterocycles. The van der Waals surface area contributed by atoms with Gasteiger partial charge in [-0.3, -0.25) is 0 Å². The Hall–Kier alpha value is -2.54. The van der Waals surface area contributed by atoms with Crippen molar-refractivity contribution >= 4 is 5.82 Å². The Labute approximate surface area is 122 Å². The topological polar surface area (TPSA) is 91.5 Å². The first kappa shape index (κ1) is 13.4. The average molecular weight is 288 g/mol. The van der Waals surface area contributed by atoms with Gasteiger partial charge in [-0.05, 0) is 18.6 Å². The van der Waals surface area contributed by atoms with Gasteiger partial charge in [0.1, 0.15) is 17.4 Å². The molecule has 1 aromatic carbocycles. The van der Waals surface area contributed by atoms with Crippen molar-refractivity contribution in [3.63, 3.8) is 0 Å². The maximum absolute atomic E-state index is 5.75. The van der Waals surface area contributed by atoms with Crippen LogP contribution >= 0.6 is 0 Å². The highest BCUT2D eigenvalue weighted by atomic mass is 16.7. The van der Waals surface area contributed by atoms with Gasteiger partial charge in [0.25, 0.3) is 0 Å². The number of hydrogen-bond acceptors (Lipinski definition) is 7. The SMILES string of the molecule is CCCc1nc(NN)cc(Oc2ccc3c(c2)OCO3)n1. The lowest BCUT2D eigenvalue weighted by molar-refractivity contribution is 0.174. The molecule has 21 heavy (non-hydrogen) atoms. The maximum Gasteiger partial charge on any atom is 0.231 e. The second kappa shape index (κ2) is 5.84. The fraction of sp³-hybridized carbons (Fsp3) is 0.286. The van der Waals surface area contributed by atoms with E-state index in [1.54, 1.807) is 24.3 Å². The van der Waals surface area contributed by atoms with E-state index in [2.05, 4.69) is 22.3 Å². The van der Waals surface area contributed by atoms with E-state index < -0.39 is 0 Å². The van der Waals surface area contributed by atoms with Crippen molar-refractivity contribution in [2.75, 3.05) is 12.2 Å². The predicted molar refractivity (Wildman–Crippen MR) is 76.5 cm³/mol. The van der Waals surface area contributed by atoms with Crippen LogP contribution < -0.4 is 25.5 Å². The summed E-state index contributed by atoms with van der Waals surface area (Å²) in [5.74, 6) is 9.03. The van der Waals surface area contributed by atoms with Crippen LogP contribution in [0.25, 0.3) is 0 Å². The highest BCUT2D eigenvalue weighted by molar-refractivity contribution is 5.48. The van der Waals surface area contributed by atoms with Gasteiger partial charge in [0.05, 0.1) is 0 Å². The van der Waals surface area contributed by atoms with Crippen molar-refractivity contribution in [2.24, 2.45) is 5.84 Å². The van der Waals surface area contributed by atoms with Gasteiger partial charge in [0.2, 0.25) is 12.7 Å². The van der Waals surface area contributed by atoms with Gasteiger partial charge in [0, 0.05) is 18.6 Å². The van der Waals surface area contributed by atoms with Crippen molar-refractivity contribution in [1.82, 2.24) is 9.97 Å². The van der Waals surface area contributed by atoms with E-state index in [0.29, 0.717) is 34.8 Å². The highest BCUT2D eigenvalue weighted by Gasteiger charge is 2.14. The van der Waals surface area contributed by atoms with Crippen LogP contribution in [0.2, 0.25) is 0 Å². The number of hydrazine groups is 1. The third-order valence-electron chi connectivity index (χ3n) is 2.94. The fourth-order valence-corrected chi connectivity index (χ4v) is 2.00. The van der Waals surface area contributed by atoms with Crippen molar-refractivity contribution in [2.45, 2.75) is 19.8 Å². The molecule has 3 N–H and O–H groups in total. The van der Waals surface area contributed by atoms with Crippen LogP contribution in [0.3, 0.4) is 0 Å². The van der Waals surface area contributed by atoms with Gasteiger partial charge in [-0.25, -0.2) is 10.8 Å². The molecular formula is C14H16N4O3. The number of anilines is 1. The molecule has 2 aromatic rings. The fourth-order valence-electron chi connectivity index (χ4n) is 2.00. The molecule has 3 rings (SSSR count). The minimum absolute atomic E-state index is 0.230. The van der Waals surface area contributed by atoms with E-state index in [1.165, 1.54) is 0 Å². The molecule has 0 radical (unpaired) electrons. The molecular weight excluding hydrogens is 272 g/mol. The minimum atomic E-state index is 0.230. The summed E-state index contributed by atoms with van der Waals surface area (Å²) in [6.07, 6.45) is 1.70. The largest absolute Gasteiger partial charge is 0.454 e. The highest BCUT2D eigenvalue weighted by Crippen LogP contribution is 2.36. The molecule has 0 saturated heterocycles. The van der Waals surface area contributed by atoms with Crippen molar-refractivity contribution in [3.8, 4) is 23.1 Å². The minimum Gasteiger partial charge on any atom is -0.454 e. The number of aryl methyl sites for hydroxylation is 1. The Kier molecular flexibility index (Phi) is 3.74. The Morgan fingerprint density at radius 3 is 2.90 bits per heavy atom. The molecule has 7 nitrogen and oxygen atoms in total. The molecule has 0 amide bonds. The van der Waals surface area contributed by atoms with E-state index in [0.717, 1.165) is 12.8 Å². The number of nitrogens with zero attached hydrogens (tertiary/aromatic N) is 2. The van der Waals surface area contributed by atoms with Crippen LogP contribution in [0.1, 0.15) is 19.2 Å². The lowest BCUT2D eigenvalue weighted by Crippen LogP contribution is -2.10. The molecule has 1 aliphatic rings. The van der Waals surface area contributed by atoms with Crippen molar-refractivity contribution in [3.05, 3.63) is 30.1 Å². The lowest BCUT2D eigenvalue weighted by Gasteiger charge is -2.09. The predicted octanol–water partition coefficient (Wildman–Crippen LogP) is 2.24. The van der Waals surface area contributed by atoms with E-state index in [-0.39, 0.29) is 6.79 Å². The average Bonchev–Trinajstić information content (AvgIpc) is 2.95. The molecule has 0 spiro atoms. The third-order valence-corrected chi connectivity index (χ3v) is 2.94. The Morgan fingerprint density at radius 2 is 2.10 bits per heavy atom. The quantitative estimate of drug-likeness (QED) is 0.644. The number of nitrogen functional groups attached to an aromatic ring is 1. The van der Waals surface area contributed by atoms with Gasteiger partial charge in [-0.1, -0.05) is 6.92 Å². The van der Waals surface area contributed by atoms with Gasteiger partial charge in [-0.15, -0.1) is 0 Å². The molecule has 7 heteroatoms. The van der Waals surface area contributed by atoms with E-state index >= 15 is 0 Å². The summed E-state index contributed by atoms with van der Waals surface area (Å²) >= 11 is 0. The zero-order valence-corrected chi connectivity index (χ0v) is 11.6. The number of nitrogens with one attached hydrogen (secondary N) is 1. The molecule has 0 bridgehead atoms. The molecule has 0 saturated carbocycles. The summed E-state index contributed by atoms with van der Waals surface area (Å²) in [6, 6.07) is 7.00. The third kappa shape index (κ3) is 2.97. The van der Waals surface area contributed by atoms with Crippen LogP contribution in [0, 0.1) is 0 Å². The number of rotatable bonds is 5. The monoisotopic (exact) mass is 288 g/mol. The molecule has 0 unspecified atom stereocenters. The maximum atomic E-state index is 5.75. The number of fused-ring (bicyclic) bond motifs is 1. The van der Waals surface area contributed by atoms with Crippen molar-refractivity contribution in [1.29, 1.82) is 0 Å². The molecule has 110 valence electrons. The molecule has 1 aromatic heterocycles. The van der Waals surface area contributed by atoms with E-state index in [1.807, 2.05) is 0 Å². The number of benzene rings is 1. The summed E-state index contributed by atoms with van der Waals surface area (Å²) in [5.41, 5.74) is 2.52. The van der Waals surface area contributed by atoms with E-state index in [4.69, 9.17) is 20.1 Å². The summed E-state index contributed by atoms with van der Waals surface area (Å²) in [6.45, 7) is 2.29. The van der Waals surface area contributed by atoms with Crippen LogP contribution in [-0.4, -0.2) is 16.8 Å². The summed E-state index contributed by atoms with van der Waals surface area (Å²) in [5, 5.41) is 0. The lowest BCUT2D eigenvalue weighted by atomic mass is 10.3. The van der Waals surface area contributed by atoms with E-state index in [9.17, 15) is 0 Å². The second-order valence-corrected chi connectivity index (χ2v) is 4.52. The molecule has 2 heterocycles. The van der Waals surface area contributed by atoms with Crippen LogP contribution in [-0.2, 0) is 6.42 Å². The molecule has 0 fully saturated rings.